The SMILES string of the molecule is COc1ccc(CC(=O)N(CCCN(C)C)c2nc3c(OC)cccc3s2)cc1. The highest BCUT2D eigenvalue weighted by Crippen LogP contribution is 2.34. The van der Waals surface area contributed by atoms with Crippen LogP contribution < -0.4 is 14.4 Å². The molecule has 1 heterocycles. The van der Waals surface area contributed by atoms with E-state index in [9.17, 15) is 4.79 Å². The van der Waals surface area contributed by atoms with Gasteiger partial charge in [-0.3, -0.25) is 9.69 Å². The molecular formula is C22H27N3O3S. The largest absolute Gasteiger partial charge is 0.497 e. The number of para-hydroxylation sites is 1. The van der Waals surface area contributed by atoms with Crippen LogP contribution in [0.1, 0.15) is 12.0 Å². The second-order valence-electron chi connectivity index (χ2n) is 7.03. The Morgan fingerprint density at radius 1 is 1.03 bits per heavy atom. The predicted octanol–water partition coefficient (Wildman–Crippen LogP) is 3.84. The molecule has 1 aromatic heterocycles. The van der Waals surface area contributed by atoms with Crippen molar-refractivity contribution in [1.29, 1.82) is 0 Å². The highest BCUT2D eigenvalue weighted by Gasteiger charge is 2.21. The second-order valence-corrected chi connectivity index (χ2v) is 8.04. The number of carbonyl (C=O) groups is 1. The van der Waals surface area contributed by atoms with Crippen LogP contribution >= 0.6 is 11.3 Å². The van der Waals surface area contributed by atoms with E-state index < -0.39 is 0 Å². The molecule has 3 rings (SSSR count). The highest BCUT2D eigenvalue weighted by molar-refractivity contribution is 7.22. The lowest BCUT2D eigenvalue weighted by molar-refractivity contribution is -0.118. The first-order chi connectivity index (χ1) is 14.0. The number of fused-ring (bicyclic) bond motifs is 1. The van der Waals surface area contributed by atoms with Gasteiger partial charge >= 0.3 is 0 Å². The normalized spacial score (nSPS) is 11.1. The monoisotopic (exact) mass is 413 g/mol. The molecule has 0 aliphatic rings. The number of hydrogen-bond donors (Lipinski definition) is 0. The molecule has 0 spiro atoms. The molecule has 0 fully saturated rings. The summed E-state index contributed by atoms with van der Waals surface area (Å²) in [4.78, 5) is 21.8. The summed E-state index contributed by atoms with van der Waals surface area (Å²) >= 11 is 1.52. The van der Waals surface area contributed by atoms with Gasteiger partial charge in [-0.05, 0) is 56.9 Å². The molecule has 29 heavy (non-hydrogen) atoms. The van der Waals surface area contributed by atoms with Crippen LogP contribution in [0.25, 0.3) is 10.2 Å². The van der Waals surface area contributed by atoms with Crippen molar-refractivity contribution < 1.29 is 14.3 Å². The van der Waals surface area contributed by atoms with Crippen molar-refractivity contribution in [3.05, 3.63) is 48.0 Å². The molecule has 6 nitrogen and oxygen atoms in total. The van der Waals surface area contributed by atoms with E-state index in [0.717, 1.165) is 40.2 Å². The zero-order chi connectivity index (χ0) is 20.8. The Morgan fingerprint density at radius 3 is 2.45 bits per heavy atom. The number of carbonyl (C=O) groups excluding carboxylic acids is 1. The Labute approximate surface area is 175 Å². The first-order valence-corrected chi connectivity index (χ1v) is 10.3. The predicted molar refractivity (Wildman–Crippen MR) is 118 cm³/mol. The fourth-order valence-corrected chi connectivity index (χ4v) is 4.10. The van der Waals surface area contributed by atoms with E-state index in [1.165, 1.54) is 11.3 Å². The molecular weight excluding hydrogens is 386 g/mol. The lowest BCUT2D eigenvalue weighted by Crippen LogP contribution is -2.34. The van der Waals surface area contributed by atoms with Gasteiger partial charge in [-0.25, -0.2) is 4.98 Å². The fraction of sp³-hybridized carbons (Fsp3) is 0.364. The molecule has 3 aromatic rings. The lowest BCUT2D eigenvalue weighted by atomic mass is 10.1. The summed E-state index contributed by atoms with van der Waals surface area (Å²) in [6.45, 7) is 1.52. The van der Waals surface area contributed by atoms with E-state index >= 15 is 0 Å². The third-order valence-corrected chi connectivity index (χ3v) is 5.67. The zero-order valence-electron chi connectivity index (χ0n) is 17.3. The smallest absolute Gasteiger partial charge is 0.233 e. The molecule has 0 aliphatic carbocycles. The van der Waals surface area contributed by atoms with Gasteiger partial charge in [0, 0.05) is 6.54 Å². The van der Waals surface area contributed by atoms with E-state index in [1.807, 2.05) is 56.6 Å². The topological polar surface area (TPSA) is 54.9 Å². The first kappa shape index (κ1) is 21.1. The van der Waals surface area contributed by atoms with Crippen LogP contribution in [0.3, 0.4) is 0 Å². The number of methoxy groups -OCH3 is 2. The third-order valence-electron chi connectivity index (χ3n) is 4.62. The number of rotatable bonds is 9. The van der Waals surface area contributed by atoms with E-state index in [2.05, 4.69) is 4.90 Å². The third kappa shape index (κ3) is 5.25. The number of ether oxygens (including phenoxy) is 2. The molecule has 0 bridgehead atoms. The van der Waals surface area contributed by atoms with Gasteiger partial charge < -0.3 is 14.4 Å². The Hall–Kier alpha value is -2.64. The average molecular weight is 414 g/mol. The van der Waals surface area contributed by atoms with Crippen molar-refractivity contribution >= 4 is 32.6 Å². The molecule has 7 heteroatoms. The molecule has 1 amide bonds. The van der Waals surface area contributed by atoms with Crippen molar-refractivity contribution in [1.82, 2.24) is 9.88 Å². The van der Waals surface area contributed by atoms with Crippen molar-refractivity contribution in [2.75, 3.05) is 46.3 Å². The van der Waals surface area contributed by atoms with Gasteiger partial charge in [-0.15, -0.1) is 0 Å². The van der Waals surface area contributed by atoms with Gasteiger partial charge in [0.1, 0.15) is 17.0 Å². The average Bonchev–Trinajstić information content (AvgIpc) is 3.15. The van der Waals surface area contributed by atoms with Gasteiger partial charge in [0.25, 0.3) is 0 Å². The molecule has 154 valence electrons. The van der Waals surface area contributed by atoms with Gasteiger partial charge in [-0.1, -0.05) is 29.5 Å². The summed E-state index contributed by atoms with van der Waals surface area (Å²) < 4.78 is 11.6. The number of aromatic nitrogens is 1. The summed E-state index contributed by atoms with van der Waals surface area (Å²) in [7, 11) is 7.34. The summed E-state index contributed by atoms with van der Waals surface area (Å²) in [5, 5.41) is 0.710. The van der Waals surface area contributed by atoms with Crippen LogP contribution in [-0.2, 0) is 11.2 Å². The molecule has 0 atom stereocenters. The van der Waals surface area contributed by atoms with Crippen molar-refractivity contribution in [3.8, 4) is 11.5 Å². The lowest BCUT2D eigenvalue weighted by Gasteiger charge is -2.21. The number of hydrogen-bond acceptors (Lipinski definition) is 6. The summed E-state index contributed by atoms with van der Waals surface area (Å²) in [6, 6.07) is 13.4. The minimum absolute atomic E-state index is 0.0342. The van der Waals surface area contributed by atoms with Gasteiger partial charge in [0.05, 0.1) is 25.3 Å². The van der Waals surface area contributed by atoms with Gasteiger partial charge in [0.15, 0.2) is 5.13 Å². The summed E-state index contributed by atoms with van der Waals surface area (Å²) in [5.74, 6) is 1.54. The van der Waals surface area contributed by atoms with E-state index in [4.69, 9.17) is 14.5 Å². The van der Waals surface area contributed by atoms with E-state index in [-0.39, 0.29) is 5.91 Å². The Kier molecular flexibility index (Phi) is 7.06. The first-order valence-electron chi connectivity index (χ1n) is 9.53. The Balaban J connectivity index is 1.85. The molecule has 2 aromatic carbocycles. The van der Waals surface area contributed by atoms with Crippen LogP contribution in [-0.4, -0.2) is 57.2 Å². The van der Waals surface area contributed by atoms with Crippen LogP contribution in [0.5, 0.6) is 11.5 Å². The maximum absolute atomic E-state index is 13.2. The maximum atomic E-state index is 13.2. The quantitative estimate of drug-likeness (QED) is 0.533. The van der Waals surface area contributed by atoms with Crippen molar-refractivity contribution in [3.63, 3.8) is 0 Å². The Bertz CT molecular complexity index is 954. The number of amides is 1. The highest BCUT2D eigenvalue weighted by atomic mass is 32.1. The van der Waals surface area contributed by atoms with Gasteiger partial charge in [-0.2, -0.15) is 0 Å². The molecule has 0 saturated carbocycles. The summed E-state index contributed by atoms with van der Waals surface area (Å²) in [5.41, 5.74) is 1.75. The second kappa shape index (κ2) is 9.71. The van der Waals surface area contributed by atoms with Crippen LogP contribution in [0.2, 0.25) is 0 Å². The van der Waals surface area contributed by atoms with E-state index in [1.54, 1.807) is 19.1 Å². The van der Waals surface area contributed by atoms with Crippen molar-refractivity contribution in [2.45, 2.75) is 12.8 Å². The van der Waals surface area contributed by atoms with E-state index in [0.29, 0.717) is 18.1 Å². The number of benzene rings is 2. The fourth-order valence-electron chi connectivity index (χ4n) is 3.08. The molecule has 0 aliphatic heterocycles. The van der Waals surface area contributed by atoms with Gasteiger partial charge in [0.2, 0.25) is 5.91 Å². The molecule has 0 saturated heterocycles. The number of thiazole rings is 1. The maximum Gasteiger partial charge on any atom is 0.233 e. The van der Waals surface area contributed by atoms with Crippen LogP contribution in [0.4, 0.5) is 5.13 Å². The molecule has 0 N–H and O–H groups in total. The van der Waals surface area contributed by atoms with Crippen LogP contribution in [0, 0.1) is 0 Å². The summed E-state index contributed by atoms with van der Waals surface area (Å²) in [6.07, 6.45) is 1.19. The minimum Gasteiger partial charge on any atom is -0.497 e. The van der Waals surface area contributed by atoms with Crippen molar-refractivity contribution in [2.24, 2.45) is 0 Å². The Morgan fingerprint density at radius 2 is 1.79 bits per heavy atom. The minimum atomic E-state index is 0.0342. The van der Waals surface area contributed by atoms with Crippen LogP contribution in [0.15, 0.2) is 42.5 Å². The zero-order valence-corrected chi connectivity index (χ0v) is 18.2. The molecule has 0 radical (unpaired) electrons. The standard InChI is InChI=1S/C22H27N3O3S/c1-24(2)13-6-14-25(20(26)15-16-9-11-17(27-3)12-10-16)22-23-21-18(28-4)7-5-8-19(21)29-22/h5,7-12H,6,13-15H2,1-4H3. The number of anilines is 1. The molecule has 0 unspecified atom stereocenters. The number of nitrogens with zero attached hydrogens (tertiary/aromatic N) is 3.